The molecule has 0 fully saturated rings. The summed E-state index contributed by atoms with van der Waals surface area (Å²) < 4.78 is 5.39. The molecule has 0 aliphatic carbocycles. The molecule has 0 unspecified atom stereocenters. The summed E-state index contributed by atoms with van der Waals surface area (Å²) in [5.41, 5.74) is 2.13. The third-order valence-electron chi connectivity index (χ3n) is 8.21. The maximum Gasteiger partial charge on any atom is 0.305 e. The Morgan fingerprint density at radius 2 is 1.14 bits per heavy atom. The number of esters is 1. The van der Waals surface area contributed by atoms with E-state index < -0.39 is 0 Å². The third-order valence-corrected chi connectivity index (χ3v) is 8.21. The molecule has 1 rings (SSSR count). The molecule has 0 saturated heterocycles. The molecule has 0 aliphatic heterocycles. The second-order valence-electron chi connectivity index (χ2n) is 13.0. The average molecular weight is 729 g/mol. The summed E-state index contributed by atoms with van der Waals surface area (Å²) in [6.07, 6.45) is 35.3. The first-order chi connectivity index (χ1) is 20.9. The highest BCUT2D eigenvalue weighted by Gasteiger charge is 2.04. The Bertz CT molecular complexity index is 774. The van der Waals surface area contributed by atoms with Gasteiger partial charge in [0.1, 0.15) is 5.75 Å². The number of aryl methyl sites for hydroxylation is 1. The van der Waals surface area contributed by atoms with Crippen molar-refractivity contribution in [3.63, 3.8) is 0 Å². The molecule has 4 heteroatoms. The topological polar surface area (TPSA) is 46.5 Å². The minimum absolute atomic E-state index is 0. The number of halogens is 1. The van der Waals surface area contributed by atoms with E-state index in [1.54, 1.807) is 6.07 Å². The first-order valence-corrected chi connectivity index (χ1v) is 18.5. The molecule has 0 bridgehead atoms. The molecule has 1 aromatic carbocycles. The van der Waals surface area contributed by atoms with Crippen LogP contribution in [0.2, 0.25) is 0 Å². The molecule has 1 N–H and O–H groups in total. The molecule has 3 nitrogen and oxygen atoms in total. The molecular formula is C40H73IO3. The van der Waals surface area contributed by atoms with Gasteiger partial charge in [0.2, 0.25) is 0 Å². The Labute approximate surface area is 291 Å². The second-order valence-corrected chi connectivity index (χ2v) is 13.0. The third kappa shape index (κ3) is 31.0. The number of phenolic OH excluding ortho intramolecular Hbond substituents is 1. The Hall–Kier alpha value is -1.04. The number of unbranched alkanes of at least 4 members (excludes halogenated alkanes) is 20. The lowest BCUT2D eigenvalue weighted by Crippen LogP contribution is -2.05. The summed E-state index contributed by atoms with van der Waals surface area (Å²) in [6, 6.07) is 5.81. The van der Waals surface area contributed by atoms with Gasteiger partial charge in [0.15, 0.2) is 0 Å². The fraction of sp³-hybridized carbons (Fsp3) is 0.775. The number of hydrogen-bond donors (Lipinski definition) is 1. The summed E-state index contributed by atoms with van der Waals surface area (Å²) >= 11 is 0. The number of ether oxygens (including phenoxy) is 1. The zero-order valence-corrected chi connectivity index (χ0v) is 32.1. The van der Waals surface area contributed by atoms with Crippen molar-refractivity contribution in [1.29, 1.82) is 0 Å². The quantitative estimate of drug-likeness (QED) is 0.0425. The van der Waals surface area contributed by atoms with Gasteiger partial charge in [-0.1, -0.05) is 168 Å². The zero-order valence-electron chi connectivity index (χ0n) is 29.8. The zero-order chi connectivity index (χ0) is 31.8. The predicted octanol–water partition coefficient (Wildman–Crippen LogP) is 13.9. The lowest BCUT2D eigenvalue weighted by molar-refractivity contribution is -0.143. The normalized spacial score (nSPS) is 11.0. The standard InChI is InChI=1S/C30H58O2.C10H14O.HI/c1-3-5-7-9-11-13-15-16-17-19-21-23-25-27-29-32-30(31)28-26-24-22-20-18-14-12-10-8-6-4-2;1-7(2)9-5-4-8(3)6-10(9)11;/h10,12H,3-9,11,13-29H2,1-2H3;4-7,11H,1-3H3;1H/b12-10-;;. The first-order valence-electron chi connectivity index (χ1n) is 18.5. The molecule has 0 heterocycles. The van der Waals surface area contributed by atoms with Crippen LogP contribution in [-0.2, 0) is 9.53 Å². The number of benzene rings is 1. The molecule has 0 radical (unpaired) electrons. The van der Waals surface area contributed by atoms with Crippen LogP contribution in [-0.4, -0.2) is 17.7 Å². The number of carbonyl (C=O) groups excluding carboxylic acids is 1. The highest BCUT2D eigenvalue weighted by molar-refractivity contribution is 14.0. The van der Waals surface area contributed by atoms with Gasteiger partial charge in [0.05, 0.1) is 6.61 Å². The fourth-order valence-corrected chi connectivity index (χ4v) is 5.32. The van der Waals surface area contributed by atoms with Gasteiger partial charge in [-0.15, -0.1) is 24.0 Å². The summed E-state index contributed by atoms with van der Waals surface area (Å²) in [5, 5.41) is 9.46. The van der Waals surface area contributed by atoms with Crippen molar-refractivity contribution < 1.29 is 14.6 Å². The van der Waals surface area contributed by atoms with Crippen LogP contribution in [0.3, 0.4) is 0 Å². The molecule has 0 aromatic heterocycles. The lowest BCUT2D eigenvalue weighted by Gasteiger charge is -2.07. The lowest BCUT2D eigenvalue weighted by atomic mass is 10.0. The SMILES string of the molecule is CCCC/C=C\CCCCCCCC(=O)OCCCCCCCCCCCCCCCC.Cc1ccc(C(C)C)c(O)c1.I. The second kappa shape index (κ2) is 34.8. The number of carbonyl (C=O) groups is 1. The summed E-state index contributed by atoms with van der Waals surface area (Å²) in [6.45, 7) is 11.3. The molecule has 0 amide bonds. The highest BCUT2D eigenvalue weighted by atomic mass is 127. The first kappa shape index (κ1) is 45.1. The van der Waals surface area contributed by atoms with E-state index in [1.165, 1.54) is 128 Å². The van der Waals surface area contributed by atoms with Crippen molar-refractivity contribution in [3.8, 4) is 5.75 Å². The molecular weight excluding hydrogens is 655 g/mol. The maximum atomic E-state index is 11.8. The molecule has 0 aliphatic rings. The van der Waals surface area contributed by atoms with Crippen molar-refractivity contribution in [2.75, 3.05) is 6.61 Å². The van der Waals surface area contributed by atoms with E-state index in [1.807, 2.05) is 19.1 Å². The van der Waals surface area contributed by atoms with Gasteiger partial charge in [-0.25, -0.2) is 0 Å². The van der Waals surface area contributed by atoms with Gasteiger partial charge in [-0.2, -0.15) is 0 Å². The van der Waals surface area contributed by atoms with Crippen molar-refractivity contribution >= 4 is 29.9 Å². The van der Waals surface area contributed by atoms with E-state index in [2.05, 4.69) is 39.8 Å². The maximum absolute atomic E-state index is 11.8. The number of rotatable bonds is 27. The van der Waals surface area contributed by atoms with Crippen LogP contribution in [0.5, 0.6) is 5.75 Å². The largest absolute Gasteiger partial charge is 0.508 e. The number of aromatic hydroxyl groups is 1. The fourth-order valence-electron chi connectivity index (χ4n) is 5.32. The minimum Gasteiger partial charge on any atom is -0.508 e. The van der Waals surface area contributed by atoms with E-state index in [-0.39, 0.29) is 29.9 Å². The van der Waals surface area contributed by atoms with Crippen molar-refractivity contribution in [2.45, 2.75) is 195 Å². The minimum atomic E-state index is 0. The van der Waals surface area contributed by atoms with Crippen LogP contribution in [0.1, 0.15) is 199 Å². The molecule has 0 atom stereocenters. The van der Waals surface area contributed by atoms with Crippen molar-refractivity contribution in [1.82, 2.24) is 0 Å². The number of phenols is 1. The van der Waals surface area contributed by atoms with Crippen LogP contribution in [0.15, 0.2) is 30.4 Å². The summed E-state index contributed by atoms with van der Waals surface area (Å²) in [7, 11) is 0. The average Bonchev–Trinajstić information content (AvgIpc) is 2.98. The number of allylic oxidation sites excluding steroid dienone is 2. The molecule has 1 aromatic rings. The smallest absolute Gasteiger partial charge is 0.305 e. The Morgan fingerprint density at radius 3 is 1.64 bits per heavy atom. The summed E-state index contributed by atoms with van der Waals surface area (Å²) in [4.78, 5) is 11.8. The Kier molecular flexibility index (Phi) is 35.7. The van der Waals surface area contributed by atoms with Gasteiger partial charge in [-0.3, -0.25) is 4.79 Å². The van der Waals surface area contributed by atoms with Crippen LogP contribution >= 0.6 is 24.0 Å². The van der Waals surface area contributed by atoms with Crippen LogP contribution < -0.4 is 0 Å². The molecule has 44 heavy (non-hydrogen) atoms. The van der Waals surface area contributed by atoms with E-state index in [9.17, 15) is 9.90 Å². The number of hydrogen-bond acceptors (Lipinski definition) is 3. The van der Waals surface area contributed by atoms with Gasteiger partial charge in [0, 0.05) is 6.42 Å². The summed E-state index contributed by atoms with van der Waals surface area (Å²) in [5.74, 6) is 0.828. The van der Waals surface area contributed by atoms with Crippen molar-refractivity contribution in [3.05, 3.63) is 41.5 Å². The predicted molar refractivity (Wildman–Crippen MR) is 205 cm³/mol. The van der Waals surface area contributed by atoms with Crippen molar-refractivity contribution in [2.24, 2.45) is 0 Å². The van der Waals surface area contributed by atoms with E-state index in [0.29, 0.717) is 24.7 Å². The molecule has 0 spiro atoms. The van der Waals surface area contributed by atoms with Crippen LogP contribution in [0, 0.1) is 6.92 Å². The van der Waals surface area contributed by atoms with E-state index in [0.717, 1.165) is 30.4 Å². The van der Waals surface area contributed by atoms with Gasteiger partial charge in [0.25, 0.3) is 0 Å². The molecule has 258 valence electrons. The van der Waals surface area contributed by atoms with Gasteiger partial charge in [-0.05, 0) is 62.1 Å². The van der Waals surface area contributed by atoms with Crippen LogP contribution in [0.25, 0.3) is 0 Å². The Morgan fingerprint density at radius 1 is 0.682 bits per heavy atom. The van der Waals surface area contributed by atoms with E-state index in [4.69, 9.17) is 4.74 Å². The Balaban J connectivity index is 0. The monoisotopic (exact) mass is 728 g/mol. The van der Waals surface area contributed by atoms with Crippen LogP contribution in [0.4, 0.5) is 0 Å². The van der Waals surface area contributed by atoms with Gasteiger partial charge >= 0.3 is 5.97 Å². The van der Waals surface area contributed by atoms with E-state index >= 15 is 0 Å². The highest BCUT2D eigenvalue weighted by Crippen LogP contribution is 2.25. The van der Waals surface area contributed by atoms with Gasteiger partial charge < -0.3 is 9.84 Å². The molecule has 0 saturated carbocycles.